The lowest BCUT2D eigenvalue weighted by Crippen LogP contribution is -2.50. The number of hydrogen-bond donors (Lipinski definition) is 1. The molecule has 2 fully saturated rings. The van der Waals surface area contributed by atoms with E-state index in [9.17, 15) is 4.79 Å². The molecule has 3 heterocycles. The zero-order chi connectivity index (χ0) is 17.0. The summed E-state index contributed by atoms with van der Waals surface area (Å²) >= 11 is 0. The molecule has 0 atom stereocenters. The zero-order valence-electron chi connectivity index (χ0n) is 14.7. The summed E-state index contributed by atoms with van der Waals surface area (Å²) in [6.07, 6.45) is 1.96. The van der Waals surface area contributed by atoms with Crippen molar-refractivity contribution in [3.05, 3.63) is 17.5 Å². The summed E-state index contributed by atoms with van der Waals surface area (Å²) in [7, 11) is 1.85. The van der Waals surface area contributed by atoms with Gasteiger partial charge in [-0.25, -0.2) is 0 Å². The van der Waals surface area contributed by atoms with Crippen molar-refractivity contribution >= 4 is 5.91 Å². The molecule has 7 heteroatoms. The van der Waals surface area contributed by atoms with Gasteiger partial charge in [0.1, 0.15) is 5.69 Å². The van der Waals surface area contributed by atoms with E-state index in [2.05, 4.69) is 15.3 Å². The maximum Gasteiger partial charge on any atom is 0.271 e. The van der Waals surface area contributed by atoms with Crippen LogP contribution in [-0.2, 0) is 16.5 Å². The predicted octanol–water partition coefficient (Wildman–Crippen LogP) is 0.587. The molecular formula is C17H28N4O3. The van der Waals surface area contributed by atoms with Gasteiger partial charge in [-0.2, -0.15) is 5.10 Å². The smallest absolute Gasteiger partial charge is 0.271 e. The van der Waals surface area contributed by atoms with E-state index in [0.717, 1.165) is 64.6 Å². The highest BCUT2D eigenvalue weighted by atomic mass is 16.5. The molecule has 1 amide bonds. The molecule has 0 aromatic carbocycles. The Hall–Kier alpha value is -1.44. The molecule has 2 saturated heterocycles. The van der Waals surface area contributed by atoms with Gasteiger partial charge in [0, 0.05) is 57.5 Å². The van der Waals surface area contributed by atoms with E-state index < -0.39 is 0 Å². The third kappa shape index (κ3) is 4.15. The molecule has 1 N–H and O–H groups in total. The fourth-order valence-corrected chi connectivity index (χ4v) is 3.46. The van der Waals surface area contributed by atoms with E-state index in [1.165, 1.54) is 0 Å². The number of aromatic nitrogens is 2. The Balaban J connectivity index is 1.62. The summed E-state index contributed by atoms with van der Waals surface area (Å²) in [6.45, 7) is 8.67. The van der Waals surface area contributed by atoms with Crippen LogP contribution in [0.3, 0.4) is 0 Å². The van der Waals surface area contributed by atoms with Crippen LogP contribution >= 0.6 is 0 Å². The molecule has 24 heavy (non-hydrogen) atoms. The van der Waals surface area contributed by atoms with Gasteiger partial charge in [-0.15, -0.1) is 0 Å². The van der Waals surface area contributed by atoms with Crippen LogP contribution in [0, 0.1) is 12.3 Å². The van der Waals surface area contributed by atoms with Crippen LogP contribution in [0.15, 0.2) is 6.07 Å². The highest BCUT2D eigenvalue weighted by Crippen LogP contribution is 2.31. The van der Waals surface area contributed by atoms with Gasteiger partial charge in [0.15, 0.2) is 0 Å². The summed E-state index contributed by atoms with van der Waals surface area (Å²) in [4.78, 5) is 14.9. The van der Waals surface area contributed by atoms with Gasteiger partial charge in [-0.3, -0.25) is 14.4 Å². The first-order chi connectivity index (χ1) is 11.6. The number of nitrogens with one attached hydrogen (secondary N) is 1. The third-order valence-electron chi connectivity index (χ3n) is 5.19. The van der Waals surface area contributed by atoms with Crippen LogP contribution in [0.2, 0.25) is 0 Å². The Morgan fingerprint density at radius 2 is 1.92 bits per heavy atom. The molecule has 7 nitrogen and oxygen atoms in total. The number of carbonyl (C=O) groups is 1. The number of hydrogen-bond acceptors (Lipinski definition) is 5. The molecule has 2 aliphatic rings. The quantitative estimate of drug-likeness (QED) is 0.852. The van der Waals surface area contributed by atoms with Crippen molar-refractivity contribution in [3.63, 3.8) is 0 Å². The summed E-state index contributed by atoms with van der Waals surface area (Å²) in [6, 6.07) is 1.83. The van der Waals surface area contributed by atoms with Crippen molar-refractivity contribution in [2.45, 2.75) is 19.8 Å². The van der Waals surface area contributed by atoms with Gasteiger partial charge in [-0.1, -0.05) is 0 Å². The van der Waals surface area contributed by atoms with Crippen LogP contribution in [0.1, 0.15) is 29.0 Å². The first-order valence-electron chi connectivity index (χ1n) is 8.75. The first kappa shape index (κ1) is 17.4. The van der Waals surface area contributed by atoms with E-state index in [4.69, 9.17) is 9.47 Å². The highest BCUT2D eigenvalue weighted by Gasteiger charge is 2.35. The Morgan fingerprint density at radius 1 is 1.25 bits per heavy atom. The summed E-state index contributed by atoms with van der Waals surface area (Å²) in [5.74, 6) is -0.0912. The predicted molar refractivity (Wildman–Crippen MR) is 90.0 cm³/mol. The van der Waals surface area contributed by atoms with Crippen LogP contribution in [0.25, 0.3) is 0 Å². The second-order valence-corrected chi connectivity index (χ2v) is 6.98. The molecule has 1 aromatic rings. The number of rotatable bonds is 5. The molecule has 0 bridgehead atoms. The average molecular weight is 336 g/mol. The molecule has 3 rings (SSSR count). The second-order valence-electron chi connectivity index (χ2n) is 6.98. The summed E-state index contributed by atoms with van der Waals surface area (Å²) in [5, 5.41) is 7.38. The highest BCUT2D eigenvalue weighted by molar-refractivity contribution is 5.92. The number of amides is 1. The number of aryl methyl sites for hydroxylation is 2. The molecular weight excluding hydrogens is 308 g/mol. The lowest BCUT2D eigenvalue weighted by molar-refractivity contribution is -0.0283. The number of ether oxygens (including phenoxy) is 2. The Morgan fingerprint density at radius 3 is 2.54 bits per heavy atom. The minimum Gasteiger partial charge on any atom is -0.381 e. The first-order valence-corrected chi connectivity index (χ1v) is 8.75. The van der Waals surface area contributed by atoms with Crippen molar-refractivity contribution < 1.29 is 14.3 Å². The number of nitrogens with zero attached hydrogens (tertiary/aromatic N) is 3. The fourth-order valence-electron chi connectivity index (χ4n) is 3.46. The van der Waals surface area contributed by atoms with Crippen LogP contribution in [-0.4, -0.2) is 73.2 Å². The fraction of sp³-hybridized carbons (Fsp3) is 0.765. The van der Waals surface area contributed by atoms with Crippen LogP contribution < -0.4 is 5.32 Å². The molecule has 0 unspecified atom stereocenters. The number of morpholine rings is 1. The Bertz CT molecular complexity index is 541. The van der Waals surface area contributed by atoms with E-state index in [1.54, 1.807) is 4.68 Å². The normalized spacial score (nSPS) is 21.6. The number of carbonyl (C=O) groups excluding carboxylic acids is 1. The standard InChI is InChI=1S/C17H28N4O3/c1-14-11-15(19-20(14)2)16(22)18-12-17(3-7-23-8-4-17)13-21-5-9-24-10-6-21/h11H,3-10,12-13H2,1-2H3,(H,18,22). The Kier molecular flexibility index (Phi) is 5.53. The molecule has 0 saturated carbocycles. The summed E-state index contributed by atoms with van der Waals surface area (Å²) < 4.78 is 12.7. The minimum absolute atomic E-state index is 0.0784. The van der Waals surface area contributed by atoms with E-state index in [-0.39, 0.29) is 11.3 Å². The minimum atomic E-state index is -0.0912. The average Bonchev–Trinajstić information content (AvgIpc) is 2.94. The van der Waals surface area contributed by atoms with Gasteiger partial charge >= 0.3 is 0 Å². The van der Waals surface area contributed by atoms with E-state index in [0.29, 0.717) is 12.2 Å². The van der Waals surface area contributed by atoms with Crippen LogP contribution in [0.4, 0.5) is 0 Å². The van der Waals surface area contributed by atoms with E-state index >= 15 is 0 Å². The Labute approximate surface area is 143 Å². The SMILES string of the molecule is Cc1cc(C(=O)NCC2(CN3CCOCC3)CCOCC2)nn1C. The molecule has 1 aromatic heterocycles. The second kappa shape index (κ2) is 7.63. The zero-order valence-corrected chi connectivity index (χ0v) is 14.7. The van der Waals surface area contributed by atoms with Crippen molar-refractivity contribution in [1.82, 2.24) is 20.0 Å². The molecule has 0 radical (unpaired) electrons. The molecule has 0 spiro atoms. The maximum absolute atomic E-state index is 12.4. The lowest BCUT2D eigenvalue weighted by atomic mass is 9.79. The monoisotopic (exact) mass is 336 g/mol. The topological polar surface area (TPSA) is 68.6 Å². The van der Waals surface area contributed by atoms with Crippen molar-refractivity contribution in [2.75, 3.05) is 52.6 Å². The van der Waals surface area contributed by atoms with Crippen molar-refractivity contribution in [3.8, 4) is 0 Å². The molecule has 2 aliphatic heterocycles. The van der Waals surface area contributed by atoms with Gasteiger partial charge in [0.2, 0.25) is 0 Å². The van der Waals surface area contributed by atoms with Crippen LogP contribution in [0.5, 0.6) is 0 Å². The largest absolute Gasteiger partial charge is 0.381 e. The van der Waals surface area contributed by atoms with Gasteiger partial charge in [-0.05, 0) is 25.8 Å². The third-order valence-corrected chi connectivity index (χ3v) is 5.19. The van der Waals surface area contributed by atoms with Crippen molar-refractivity contribution in [1.29, 1.82) is 0 Å². The van der Waals surface area contributed by atoms with Gasteiger partial charge < -0.3 is 14.8 Å². The molecule has 134 valence electrons. The van der Waals surface area contributed by atoms with Gasteiger partial charge in [0.05, 0.1) is 13.2 Å². The van der Waals surface area contributed by atoms with E-state index in [1.807, 2.05) is 20.0 Å². The molecule has 0 aliphatic carbocycles. The lowest BCUT2D eigenvalue weighted by Gasteiger charge is -2.42. The van der Waals surface area contributed by atoms with Gasteiger partial charge in [0.25, 0.3) is 5.91 Å². The maximum atomic E-state index is 12.4. The summed E-state index contributed by atoms with van der Waals surface area (Å²) in [5.41, 5.74) is 1.55. The van der Waals surface area contributed by atoms with Crippen molar-refractivity contribution in [2.24, 2.45) is 12.5 Å².